The van der Waals surface area contributed by atoms with Crippen LogP contribution in [0.25, 0.3) is 11.4 Å². The van der Waals surface area contributed by atoms with Crippen LogP contribution in [0, 0.1) is 6.92 Å². The third kappa shape index (κ3) is 2.78. The van der Waals surface area contributed by atoms with Gasteiger partial charge in [-0.3, -0.25) is 4.79 Å². The van der Waals surface area contributed by atoms with Crippen LogP contribution in [0.2, 0.25) is 0 Å². The fourth-order valence-electron chi connectivity index (χ4n) is 2.00. The molecule has 0 spiro atoms. The molecule has 3 rings (SSSR count). The summed E-state index contributed by atoms with van der Waals surface area (Å²) in [4.78, 5) is 19.7. The number of amides is 1. The number of imidazole rings is 1. The molecule has 22 heavy (non-hydrogen) atoms. The Hall–Kier alpha value is -3.22. The first-order valence-corrected chi connectivity index (χ1v) is 6.65. The first kappa shape index (κ1) is 13.7. The predicted octanol–water partition coefficient (Wildman–Crippen LogP) is 2.01. The van der Waals surface area contributed by atoms with Crippen molar-refractivity contribution in [1.82, 2.24) is 20.2 Å². The summed E-state index contributed by atoms with van der Waals surface area (Å²) in [6, 6.07) is 10.5. The number of aromatic amines is 1. The second-order valence-electron chi connectivity index (χ2n) is 4.76. The highest BCUT2D eigenvalue weighted by atomic mass is 16.1. The predicted molar refractivity (Wildman–Crippen MR) is 83.2 cm³/mol. The highest BCUT2D eigenvalue weighted by Gasteiger charge is 2.13. The van der Waals surface area contributed by atoms with Crippen LogP contribution in [0.3, 0.4) is 0 Å². The lowest BCUT2D eigenvalue weighted by Gasteiger charge is -2.09. The molecule has 1 amide bonds. The third-order valence-corrected chi connectivity index (χ3v) is 3.05. The Labute approximate surface area is 126 Å². The summed E-state index contributed by atoms with van der Waals surface area (Å²) in [6.07, 6.45) is 1.74. The van der Waals surface area contributed by atoms with Crippen molar-refractivity contribution >= 4 is 17.4 Å². The van der Waals surface area contributed by atoms with E-state index in [2.05, 4.69) is 25.5 Å². The minimum atomic E-state index is -0.358. The van der Waals surface area contributed by atoms with Crippen LogP contribution < -0.4 is 11.1 Å². The zero-order valence-electron chi connectivity index (χ0n) is 11.9. The Morgan fingerprint density at radius 1 is 1.18 bits per heavy atom. The topological polar surface area (TPSA) is 110 Å². The fraction of sp³-hybridized carbons (Fsp3) is 0.0667. The van der Waals surface area contributed by atoms with Crippen molar-refractivity contribution in [2.45, 2.75) is 6.92 Å². The zero-order chi connectivity index (χ0) is 15.5. The van der Waals surface area contributed by atoms with Gasteiger partial charge in [0.2, 0.25) is 0 Å². The molecule has 0 saturated heterocycles. The number of anilines is 2. The standard InChI is InChI=1S/C15H14N6O/c1-9-8-17-14(18-9)10-4-2-3-5-11(10)19-15(22)12-6-7-13(16)21-20-12/h2-8H,1H3,(H2,16,21)(H,17,18)(H,19,22). The second kappa shape index (κ2) is 5.65. The number of H-pyrrole nitrogens is 1. The lowest BCUT2D eigenvalue weighted by atomic mass is 10.1. The molecule has 0 radical (unpaired) electrons. The van der Waals surface area contributed by atoms with Crippen molar-refractivity contribution in [3.8, 4) is 11.4 Å². The number of para-hydroxylation sites is 1. The van der Waals surface area contributed by atoms with Crippen LogP contribution in [0.4, 0.5) is 11.5 Å². The molecular weight excluding hydrogens is 280 g/mol. The Morgan fingerprint density at radius 3 is 2.68 bits per heavy atom. The Kier molecular flexibility index (Phi) is 3.53. The molecule has 0 atom stereocenters. The summed E-state index contributed by atoms with van der Waals surface area (Å²) >= 11 is 0. The van der Waals surface area contributed by atoms with E-state index in [1.54, 1.807) is 12.3 Å². The van der Waals surface area contributed by atoms with Gasteiger partial charge in [0.1, 0.15) is 11.6 Å². The number of hydrogen-bond donors (Lipinski definition) is 3. The molecule has 0 aliphatic heterocycles. The van der Waals surface area contributed by atoms with Gasteiger partial charge in [0.05, 0.1) is 5.69 Å². The van der Waals surface area contributed by atoms with E-state index >= 15 is 0 Å². The van der Waals surface area contributed by atoms with Gasteiger partial charge in [0.15, 0.2) is 5.69 Å². The number of rotatable bonds is 3. The Balaban J connectivity index is 1.89. The third-order valence-electron chi connectivity index (χ3n) is 3.05. The summed E-state index contributed by atoms with van der Waals surface area (Å²) in [5.74, 6) is 0.600. The van der Waals surface area contributed by atoms with E-state index in [1.807, 2.05) is 25.1 Å². The van der Waals surface area contributed by atoms with E-state index in [1.165, 1.54) is 12.1 Å². The van der Waals surface area contributed by atoms with E-state index in [-0.39, 0.29) is 17.4 Å². The molecule has 3 aromatic rings. The minimum Gasteiger partial charge on any atom is -0.382 e. The minimum absolute atomic E-state index is 0.194. The second-order valence-corrected chi connectivity index (χ2v) is 4.76. The van der Waals surface area contributed by atoms with Crippen molar-refractivity contribution in [3.05, 3.63) is 54.0 Å². The molecule has 4 N–H and O–H groups in total. The van der Waals surface area contributed by atoms with Crippen LogP contribution in [0.15, 0.2) is 42.6 Å². The lowest BCUT2D eigenvalue weighted by Crippen LogP contribution is -2.15. The van der Waals surface area contributed by atoms with Crippen LogP contribution in [-0.4, -0.2) is 26.1 Å². The first-order valence-electron chi connectivity index (χ1n) is 6.65. The number of hydrogen-bond acceptors (Lipinski definition) is 5. The van der Waals surface area contributed by atoms with Crippen LogP contribution >= 0.6 is 0 Å². The van der Waals surface area contributed by atoms with Gasteiger partial charge in [0.25, 0.3) is 5.91 Å². The molecule has 0 unspecified atom stereocenters. The van der Waals surface area contributed by atoms with Gasteiger partial charge in [-0.15, -0.1) is 10.2 Å². The van der Waals surface area contributed by atoms with Crippen LogP contribution in [0.1, 0.15) is 16.2 Å². The average molecular weight is 294 g/mol. The van der Waals surface area contributed by atoms with E-state index in [0.29, 0.717) is 11.5 Å². The van der Waals surface area contributed by atoms with Crippen LogP contribution in [0.5, 0.6) is 0 Å². The monoisotopic (exact) mass is 294 g/mol. The molecule has 2 heterocycles. The summed E-state index contributed by atoms with van der Waals surface area (Å²) in [5.41, 5.74) is 8.04. The molecule has 0 saturated carbocycles. The van der Waals surface area contributed by atoms with Crippen LogP contribution in [-0.2, 0) is 0 Å². The number of carbonyl (C=O) groups is 1. The number of nitrogens with zero attached hydrogens (tertiary/aromatic N) is 3. The van der Waals surface area contributed by atoms with Crippen molar-refractivity contribution < 1.29 is 4.79 Å². The maximum atomic E-state index is 12.2. The largest absolute Gasteiger partial charge is 0.382 e. The molecule has 7 nitrogen and oxygen atoms in total. The average Bonchev–Trinajstić information content (AvgIpc) is 2.95. The van der Waals surface area contributed by atoms with Crippen molar-refractivity contribution in [2.75, 3.05) is 11.1 Å². The molecule has 110 valence electrons. The molecule has 0 aliphatic rings. The van der Waals surface area contributed by atoms with E-state index in [0.717, 1.165) is 11.3 Å². The number of aromatic nitrogens is 4. The fourth-order valence-corrected chi connectivity index (χ4v) is 2.00. The highest BCUT2D eigenvalue weighted by Crippen LogP contribution is 2.25. The first-order chi connectivity index (χ1) is 10.6. The summed E-state index contributed by atoms with van der Waals surface area (Å²) in [6.45, 7) is 1.92. The van der Waals surface area contributed by atoms with Gasteiger partial charge >= 0.3 is 0 Å². The molecule has 1 aromatic carbocycles. The molecule has 7 heteroatoms. The van der Waals surface area contributed by atoms with Gasteiger partial charge in [-0.25, -0.2) is 4.98 Å². The van der Waals surface area contributed by atoms with E-state index in [9.17, 15) is 4.79 Å². The number of benzene rings is 1. The van der Waals surface area contributed by atoms with E-state index < -0.39 is 0 Å². The summed E-state index contributed by atoms with van der Waals surface area (Å²) < 4.78 is 0. The highest BCUT2D eigenvalue weighted by molar-refractivity contribution is 6.04. The number of nitrogen functional groups attached to an aromatic ring is 1. The van der Waals surface area contributed by atoms with Gasteiger partial charge in [-0.05, 0) is 31.2 Å². The van der Waals surface area contributed by atoms with Crippen molar-refractivity contribution in [1.29, 1.82) is 0 Å². The number of carbonyl (C=O) groups excluding carboxylic acids is 1. The maximum Gasteiger partial charge on any atom is 0.276 e. The maximum absolute atomic E-state index is 12.2. The molecule has 0 aliphatic carbocycles. The van der Waals surface area contributed by atoms with Crippen molar-refractivity contribution in [3.63, 3.8) is 0 Å². The van der Waals surface area contributed by atoms with Gasteiger partial charge in [-0.2, -0.15) is 0 Å². The number of aryl methyl sites for hydroxylation is 1. The molecule has 0 fully saturated rings. The summed E-state index contributed by atoms with van der Waals surface area (Å²) in [7, 11) is 0. The van der Waals surface area contributed by atoms with E-state index in [4.69, 9.17) is 5.73 Å². The zero-order valence-corrected chi connectivity index (χ0v) is 11.9. The van der Waals surface area contributed by atoms with Gasteiger partial charge in [0, 0.05) is 17.5 Å². The molecular formula is C15H14N6O. The summed E-state index contributed by atoms with van der Waals surface area (Å²) in [5, 5.41) is 10.3. The smallest absolute Gasteiger partial charge is 0.276 e. The van der Waals surface area contributed by atoms with Gasteiger partial charge < -0.3 is 16.0 Å². The quantitative estimate of drug-likeness (QED) is 0.684. The van der Waals surface area contributed by atoms with Crippen molar-refractivity contribution in [2.24, 2.45) is 0 Å². The lowest BCUT2D eigenvalue weighted by molar-refractivity contribution is 0.102. The normalized spacial score (nSPS) is 10.4. The number of nitrogens with one attached hydrogen (secondary N) is 2. The van der Waals surface area contributed by atoms with Gasteiger partial charge in [-0.1, -0.05) is 12.1 Å². The Morgan fingerprint density at radius 2 is 2.00 bits per heavy atom. The molecule has 2 aromatic heterocycles. The SMILES string of the molecule is Cc1cnc(-c2ccccc2NC(=O)c2ccc(N)nn2)[nH]1. The number of nitrogens with two attached hydrogens (primary N) is 1. The Bertz CT molecular complexity index is 809. The molecule has 0 bridgehead atoms.